The van der Waals surface area contributed by atoms with Crippen molar-refractivity contribution < 1.29 is 14.2 Å². The number of aliphatic imine (C=N–C) groups is 1. The van der Waals surface area contributed by atoms with Gasteiger partial charge in [0.15, 0.2) is 17.5 Å². The molecule has 6 nitrogen and oxygen atoms in total. The Balaban J connectivity index is 2.21. The summed E-state index contributed by atoms with van der Waals surface area (Å²) in [4.78, 5) is 4.71. The van der Waals surface area contributed by atoms with Crippen molar-refractivity contribution in [3.8, 4) is 17.2 Å². The first-order valence-electron chi connectivity index (χ1n) is 9.02. The highest BCUT2D eigenvalue weighted by Gasteiger charge is 2.16. The number of hydrogen-bond donors (Lipinski definition) is 2. The van der Waals surface area contributed by atoms with Gasteiger partial charge in [-0.15, -0.1) is 0 Å². The number of benzene rings is 2. The second-order valence-electron chi connectivity index (χ2n) is 5.97. The molecule has 1 unspecified atom stereocenters. The first kappa shape index (κ1) is 20.4. The summed E-state index contributed by atoms with van der Waals surface area (Å²) in [6.07, 6.45) is 0. The van der Waals surface area contributed by atoms with E-state index in [4.69, 9.17) is 19.2 Å². The standard InChI is InChI=1S/C21H29N3O3/c1-6-22-21(24-15(2)16-10-8-7-9-11-16)23-14-17-12-13-18(25-3)20(27-5)19(17)26-4/h7-13,15H,6,14H2,1-5H3,(H2,22,23,24). The fourth-order valence-corrected chi connectivity index (χ4v) is 2.80. The molecule has 2 rings (SSSR count). The molecule has 146 valence electrons. The molecule has 0 amide bonds. The van der Waals surface area contributed by atoms with E-state index in [2.05, 4.69) is 29.7 Å². The van der Waals surface area contributed by atoms with E-state index < -0.39 is 0 Å². The Morgan fingerprint density at radius 2 is 1.67 bits per heavy atom. The highest BCUT2D eigenvalue weighted by atomic mass is 16.5. The molecule has 0 aliphatic heterocycles. The predicted molar refractivity (Wildman–Crippen MR) is 109 cm³/mol. The summed E-state index contributed by atoms with van der Waals surface area (Å²) in [6.45, 7) is 5.37. The number of hydrogen-bond acceptors (Lipinski definition) is 4. The summed E-state index contributed by atoms with van der Waals surface area (Å²) in [7, 11) is 4.82. The van der Waals surface area contributed by atoms with Crippen LogP contribution in [0, 0.1) is 0 Å². The lowest BCUT2D eigenvalue weighted by molar-refractivity contribution is 0.322. The molecule has 2 aromatic rings. The molecule has 0 fully saturated rings. The molecule has 0 spiro atoms. The molecule has 2 N–H and O–H groups in total. The number of methoxy groups -OCH3 is 3. The van der Waals surface area contributed by atoms with Crippen molar-refractivity contribution in [3.05, 3.63) is 53.6 Å². The smallest absolute Gasteiger partial charge is 0.203 e. The van der Waals surface area contributed by atoms with Crippen LogP contribution in [0.25, 0.3) is 0 Å². The Labute approximate surface area is 161 Å². The van der Waals surface area contributed by atoms with Crippen LogP contribution in [-0.4, -0.2) is 33.8 Å². The fraction of sp³-hybridized carbons (Fsp3) is 0.381. The molecule has 2 aromatic carbocycles. The van der Waals surface area contributed by atoms with Crippen molar-refractivity contribution in [2.24, 2.45) is 4.99 Å². The Hall–Kier alpha value is -2.89. The second kappa shape index (κ2) is 10.3. The molecule has 27 heavy (non-hydrogen) atoms. The molecule has 1 atom stereocenters. The van der Waals surface area contributed by atoms with Gasteiger partial charge in [-0.3, -0.25) is 0 Å². The molecule has 0 saturated carbocycles. The zero-order chi connectivity index (χ0) is 19.6. The largest absolute Gasteiger partial charge is 0.493 e. The zero-order valence-corrected chi connectivity index (χ0v) is 16.7. The van der Waals surface area contributed by atoms with E-state index in [0.29, 0.717) is 23.8 Å². The lowest BCUT2D eigenvalue weighted by atomic mass is 10.1. The minimum atomic E-state index is 0.135. The van der Waals surface area contributed by atoms with Crippen molar-refractivity contribution in [3.63, 3.8) is 0 Å². The van der Waals surface area contributed by atoms with Gasteiger partial charge in [0.2, 0.25) is 5.75 Å². The first-order valence-corrected chi connectivity index (χ1v) is 9.02. The average Bonchev–Trinajstić information content (AvgIpc) is 2.71. The van der Waals surface area contributed by atoms with Gasteiger partial charge in [0.05, 0.1) is 33.9 Å². The van der Waals surface area contributed by atoms with Crippen LogP contribution in [0.4, 0.5) is 0 Å². The number of nitrogens with one attached hydrogen (secondary N) is 2. The summed E-state index contributed by atoms with van der Waals surface area (Å²) < 4.78 is 16.3. The molecule has 0 aliphatic rings. The van der Waals surface area contributed by atoms with Crippen LogP contribution in [0.5, 0.6) is 17.2 Å². The van der Waals surface area contributed by atoms with Gasteiger partial charge in [0.1, 0.15) is 0 Å². The zero-order valence-electron chi connectivity index (χ0n) is 16.7. The highest BCUT2D eigenvalue weighted by molar-refractivity contribution is 5.80. The molecule has 0 aliphatic carbocycles. The summed E-state index contributed by atoms with van der Waals surface area (Å²) in [5.74, 6) is 2.58. The minimum Gasteiger partial charge on any atom is -0.493 e. The van der Waals surface area contributed by atoms with E-state index in [9.17, 15) is 0 Å². The van der Waals surface area contributed by atoms with E-state index in [1.54, 1.807) is 21.3 Å². The number of rotatable bonds is 8. The summed E-state index contributed by atoms with van der Waals surface area (Å²) in [5.41, 5.74) is 2.12. The van der Waals surface area contributed by atoms with Gasteiger partial charge in [-0.2, -0.15) is 0 Å². The third-order valence-corrected chi connectivity index (χ3v) is 4.19. The van der Waals surface area contributed by atoms with Crippen LogP contribution < -0.4 is 24.8 Å². The number of nitrogens with zero attached hydrogens (tertiary/aromatic N) is 1. The normalized spacial score (nSPS) is 12.3. The number of guanidine groups is 1. The van der Waals surface area contributed by atoms with Crippen molar-refractivity contribution in [2.75, 3.05) is 27.9 Å². The highest BCUT2D eigenvalue weighted by Crippen LogP contribution is 2.39. The maximum Gasteiger partial charge on any atom is 0.203 e. The molecule has 6 heteroatoms. The van der Waals surface area contributed by atoms with Crippen LogP contribution in [0.2, 0.25) is 0 Å². The molecule has 0 heterocycles. The third-order valence-electron chi connectivity index (χ3n) is 4.19. The van der Waals surface area contributed by atoms with Gasteiger partial charge in [-0.25, -0.2) is 4.99 Å². The van der Waals surface area contributed by atoms with Gasteiger partial charge < -0.3 is 24.8 Å². The van der Waals surface area contributed by atoms with E-state index in [1.165, 1.54) is 5.56 Å². The second-order valence-corrected chi connectivity index (χ2v) is 5.97. The van der Waals surface area contributed by atoms with Crippen LogP contribution >= 0.6 is 0 Å². The van der Waals surface area contributed by atoms with Crippen molar-refractivity contribution >= 4 is 5.96 Å². The third kappa shape index (κ3) is 5.29. The molecular weight excluding hydrogens is 342 g/mol. The van der Waals surface area contributed by atoms with Crippen molar-refractivity contribution in [1.29, 1.82) is 0 Å². The van der Waals surface area contributed by atoms with Crippen LogP contribution in [0.15, 0.2) is 47.5 Å². The van der Waals surface area contributed by atoms with Crippen molar-refractivity contribution in [1.82, 2.24) is 10.6 Å². The van der Waals surface area contributed by atoms with Crippen LogP contribution in [-0.2, 0) is 6.54 Å². The monoisotopic (exact) mass is 371 g/mol. The Bertz CT molecular complexity index is 748. The van der Waals surface area contributed by atoms with E-state index in [-0.39, 0.29) is 6.04 Å². The van der Waals surface area contributed by atoms with E-state index in [0.717, 1.165) is 18.1 Å². The SMILES string of the molecule is CCNC(=NCc1ccc(OC)c(OC)c1OC)NC(C)c1ccccc1. The molecule has 0 saturated heterocycles. The topological polar surface area (TPSA) is 64.1 Å². The van der Waals surface area contributed by atoms with Crippen molar-refractivity contribution in [2.45, 2.75) is 26.4 Å². The maximum absolute atomic E-state index is 5.54. The average molecular weight is 371 g/mol. The van der Waals surface area contributed by atoms with Gasteiger partial charge in [0.25, 0.3) is 0 Å². The molecule has 0 radical (unpaired) electrons. The van der Waals surface area contributed by atoms with Gasteiger partial charge in [-0.05, 0) is 31.5 Å². The molecule has 0 bridgehead atoms. The van der Waals surface area contributed by atoms with Gasteiger partial charge in [0, 0.05) is 12.1 Å². The van der Waals surface area contributed by atoms with Crippen LogP contribution in [0.3, 0.4) is 0 Å². The molecule has 0 aromatic heterocycles. The van der Waals surface area contributed by atoms with E-state index >= 15 is 0 Å². The molecular formula is C21H29N3O3. The maximum atomic E-state index is 5.54. The summed E-state index contributed by atoms with van der Waals surface area (Å²) in [6, 6.07) is 14.2. The Kier molecular flexibility index (Phi) is 7.79. The first-order chi connectivity index (χ1) is 13.1. The quantitative estimate of drug-likeness (QED) is 0.549. The lowest BCUT2D eigenvalue weighted by Crippen LogP contribution is -2.38. The summed E-state index contributed by atoms with van der Waals surface area (Å²) >= 11 is 0. The Morgan fingerprint density at radius 1 is 0.963 bits per heavy atom. The predicted octanol–water partition coefficient (Wildman–Crippen LogP) is 3.53. The lowest BCUT2D eigenvalue weighted by Gasteiger charge is -2.19. The van der Waals surface area contributed by atoms with E-state index in [1.807, 2.05) is 37.3 Å². The Morgan fingerprint density at radius 3 is 2.26 bits per heavy atom. The number of ether oxygens (including phenoxy) is 3. The van der Waals surface area contributed by atoms with Crippen LogP contribution in [0.1, 0.15) is 31.0 Å². The van der Waals surface area contributed by atoms with Gasteiger partial charge in [-0.1, -0.05) is 30.3 Å². The fourth-order valence-electron chi connectivity index (χ4n) is 2.80. The van der Waals surface area contributed by atoms with Gasteiger partial charge >= 0.3 is 0 Å². The minimum absolute atomic E-state index is 0.135. The summed E-state index contributed by atoms with van der Waals surface area (Å²) in [5, 5.41) is 6.72.